The van der Waals surface area contributed by atoms with Crippen molar-refractivity contribution in [2.75, 3.05) is 30.8 Å². The zero-order valence-corrected chi connectivity index (χ0v) is 18.6. The van der Waals surface area contributed by atoms with Gasteiger partial charge in [-0.15, -0.1) is 0 Å². The Balaban J connectivity index is 1.74. The lowest BCUT2D eigenvalue weighted by Gasteiger charge is -2.23. The molecule has 0 spiro atoms. The Morgan fingerprint density at radius 1 is 1.24 bits per heavy atom. The molecule has 8 heteroatoms. The fourth-order valence-electron chi connectivity index (χ4n) is 4.54. The molecule has 0 fully saturated rings. The number of carbonyl (C=O) groups is 1. The Morgan fingerprint density at radius 3 is 2.97 bits per heavy atom. The first kappa shape index (κ1) is 21.1. The molecule has 33 heavy (non-hydrogen) atoms. The van der Waals surface area contributed by atoms with Crippen molar-refractivity contribution in [3.8, 4) is 17.0 Å². The van der Waals surface area contributed by atoms with Gasteiger partial charge in [-0.25, -0.2) is 4.39 Å². The number of benzene rings is 1. The summed E-state index contributed by atoms with van der Waals surface area (Å²) in [4.78, 5) is 20.9. The zero-order valence-electron chi connectivity index (χ0n) is 18.6. The molecular formula is C25H26FN5O2. The molecule has 170 valence electrons. The molecule has 0 saturated carbocycles. The number of allylic oxidation sites excluding steroid dienone is 1. The van der Waals surface area contributed by atoms with E-state index in [1.54, 1.807) is 24.5 Å². The highest BCUT2D eigenvalue weighted by Gasteiger charge is 2.33. The van der Waals surface area contributed by atoms with Crippen molar-refractivity contribution in [2.45, 2.75) is 25.7 Å². The number of H-pyrrole nitrogens is 1. The summed E-state index contributed by atoms with van der Waals surface area (Å²) in [6, 6.07) is 6.59. The third kappa shape index (κ3) is 3.82. The highest BCUT2D eigenvalue weighted by molar-refractivity contribution is 6.07. The molecule has 2 aromatic heterocycles. The second-order valence-electron chi connectivity index (χ2n) is 8.40. The monoisotopic (exact) mass is 447 g/mol. The molecule has 2 bridgehead atoms. The van der Waals surface area contributed by atoms with Crippen molar-refractivity contribution in [1.82, 2.24) is 15.3 Å². The van der Waals surface area contributed by atoms with Crippen LogP contribution in [0.15, 0.2) is 48.3 Å². The standard InChI is InChI=1S/C25H26FN5O2/c1-14-6-7-15-12-29-25(32)20-21(15)31-22(16-9-10-27-13-19(16)28-11-8-14)23(20)30-18-5-3-4-17(26)24(18)33-2/h3-6,9-10,13,15,28,30-31H,7-8,11-12H2,1-2H3,(H,29,32)/b14-6+. The Bertz CT molecular complexity index is 1250. The van der Waals surface area contributed by atoms with E-state index in [-0.39, 0.29) is 17.6 Å². The summed E-state index contributed by atoms with van der Waals surface area (Å²) < 4.78 is 19.7. The smallest absolute Gasteiger partial charge is 0.255 e. The maximum atomic E-state index is 14.4. The summed E-state index contributed by atoms with van der Waals surface area (Å²) in [7, 11) is 1.43. The number of ether oxygens (including phenoxy) is 1. The number of para-hydroxylation sites is 1. The molecule has 5 rings (SSSR count). The molecule has 1 atom stereocenters. The number of methoxy groups -OCH3 is 1. The molecule has 0 aliphatic carbocycles. The SMILES string of the molecule is COc1c(F)cccc1Nc1c2[nH]c3c1C(=O)NCC3C/C=C(\C)CCNc1cnccc1-2. The summed E-state index contributed by atoms with van der Waals surface area (Å²) >= 11 is 0. The molecular weight excluding hydrogens is 421 g/mol. The molecule has 2 aliphatic heterocycles. The molecule has 0 radical (unpaired) electrons. The number of hydrogen-bond acceptors (Lipinski definition) is 5. The second-order valence-corrected chi connectivity index (χ2v) is 8.40. The molecule has 1 aromatic carbocycles. The van der Waals surface area contributed by atoms with Crippen molar-refractivity contribution in [1.29, 1.82) is 0 Å². The fraction of sp³-hybridized carbons (Fsp3) is 0.280. The van der Waals surface area contributed by atoms with Crippen LogP contribution in [0, 0.1) is 5.82 Å². The number of fused-ring (bicyclic) bond motifs is 3. The van der Waals surface area contributed by atoms with Crippen molar-refractivity contribution < 1.29 is 13.9 Å². The largest absolute Gasteiger partial charge is 0.492 e. The Hall–Kier alpha value is -3.81. The van der Waals surface area contributed by atoms with E-state index in [1.165, 1.54) is 18.7 Å². The molecule has 2 aliphatic rings. The van der Waals surface area contributed by atoms with E-state index in [9.17, 15) is 9.18 Å². The van der Waals surface area contributed by atoms with Crippen LogP contribution in [0.3, 0.4) is 0 Å². The van der Waals surface area contributed by atoms with Gasteiger partial charge in [-0.2, -0.15) is 0 Å². The van der Waals surface area contributed by atoms with Crippen LogP contribution in [-0.4, -0.2) is 36.1 Å². The lowest BCUT2D eigenvalue weighted by Crippen LogP contribution is -2.34. The van der Waals surface area contributed by atoms with Crippen LogP contribution in [0.25, 0.3) is 11.3 Å². The average molecular weight is 448 g/mol. The minimum absolute atomic E-state index is 0.0933. The molecule has 4 N–H and O–H groups in total. The maximum absolute atomic E-state index is 14.4. The van der Waals surface area contributed by atoms with E-state index in [2.05, 4.69) is 38.9 Å². The van der Waals surface area contributed by atoms with Gasteiger partial charge in [0.15, 0.2) is 11.6 Å². The van der Waals surface area contributed by atoms with Gasteiger partial charge in [-0.05, 0) is 38.0 Å². The van der Waals surface area contributed by atoms with Crippen molar-refractivity contribution in [3.63, 3.8) is 0 Å². The van der Waals surface area contributed by atoms with Gasteiger partial charge in [0.05, 0.1) is 41.6 Å². The van der Waals surface area contributed by atoms with Crippen LogP contribution >= 0.6 is 0 Å². The summed E-state index contributed by atoms with van der Waals surface area (Å²) in [5, 5.41) is 9.81. The molecule has 3 aromatic rings. The van der Waals surface area contributed by atoms with Gasteiger partial charge in [0, 0.05) is 36.5 Å². The number of hydrogen-bond donors (Lipinski definition) is 4. The summed E-state index contributed by atoms with van der Waals surface area (Å²) in [6.45, 7) is 3.45. The van der Waals surface area contributed by atoms with Crippen molar-refractivity contribution >= 4 is 23.0 Å². The van der Waals surface area contributed by atoms with Gasteiger partial charge in [0.2, 0.25) is 0 Å². The van der Waals surface area contributed by atoms with E-state index in [4.69, 9.17) is 4.74 Å². The highest BCUT2D eigenvalue weighted by atomic mass is 19.1. The third-order valence-corrected chi connectivity index (χ3v) is 6.28. The van der Waals surface area contributed by atoms with Gasteiger partial charge in [-0.3, -0.25) is 9.78 Å². The van der Waals surface area contributed by atoms with E-state index < -0.39 is 5.82 Å². The van der Waals surface area contributed by atoms with E-state index >= 15 is 0 Å². The predicted molar refractivity (Wildman–Crippen MR) is 127 cm³/mol. The minimum Gasteiger partial charge on any atom is -0.492 e. The number of carbonyl (C=O) groups excluding carboxylic acids is 1. The third-order valence-electron chi connectivity index (χ3n) is 6.28. The normalized spacial score (nSPS) is 19.1. The number of aromatic nitrogens is 2. The predicted octanol–water partition coefficient (Wildman–Crippen LogP) is 4.95. The number of nitrogens with one attached hydrogen (secondary N) is 4. The summed E-state index contributed by atoms with van der Waals surface area (Å²) in [5.41, 5.74) is 6.23. The molecule has 4 heterocycles. The van der Waals surface area contributed by atoms with Crippen LogP contribution in [-0.2, 0) is 0 Å². The number of aromatic amines is 1. The minimum atomic E-state index is -0.478. The second kappa shape index (κ2) is 8.61. The molecule has 7 nitrogen and oxygen atoms in total. The highest BCUT2D eigenvalue weighted by Crippen LogP contribution is 2.44. The van der Waals surface area contributed by atoms with Gasteiger partial charge < -0.3 is 25.7 Å². The first-order valence-electron chi connectivity index (χ1n) is 11.0. The Morgan fingerprint density at radius 2 is 2.12 bits per heavy atom. The van der Waals surface area contributed by atoms with Gasteiger partial charge in [0.25, 0.3) is 5.91 Å². The van der Waals surface area contributed by atoms with E-state index in [0.29, 0.717) is 23.5 Å². The summed E-state index contributed by atoms with van der Waals surface area (Å²) in [6.07, 6.45) is 7.47. The van der Waals surface area contributed by atoms with Crippen LogP contribution in [0.5, 0.6) is 5.75 Å². The Labute approximate surface area is 191 Å². The van der Waals surface area contributed by atoms with E-state index in [1.807, 2.05) is 6.07 Å². The van der Waals surface area contributed by atoms with Gasteiger partial charge in [0.1, 0.15) is 0 Å². The topological polar surface area (TPSA) is 91.1 Å². The first-order valence-corrected chi connectivity index (χ1v) is 11.0. The van der Waals surface area contributed by atoms with Crippen molar-refractivity contribution in [2.24, 2.45) is 0 Å². The number of anilines is 3. The molecule has 0 saturated heterocycles. The zero-order chi connectivity index (χ0) is 22.9. The number of pyridine rings is 1. The quantitative estimate of drug-likeness (QED) is 0.427. The van der Waals surface area contributed by atoms with E-state index in [0.717, 1.165) is 42.0 Å². The van der Waals surface area contributed by atoms with Crippen LogP contribution in [0.1, 0.15) is 41.7 Å². The lowest BCUT2D eigenvalue weighted by molar-refractivity contribution is 0.0941. The fourth-order valence-corrected chi connectivity index (χ4v) is 4.54. The van der Waals surface area contributed by atoms with Gasteiger partial charge in [-0.1, -0.05) is 17.7 Å². The number of nitrogens with zero attached hydrogens (tertiary/aromatic N) is 1. The van der Waals surface area contributed by atoms with Gasteiger partial charge >= 0.3 is 0 Å². The molecule has 1 unspecified atom stereocenters. The molecule has 1 amide bonds. The number of halogens is 1. The summed E-state index contributed by atoms with van der Waals surface area (Å²) in [5.74, 6) is -0.445. The van der Waals surface area contributed by atoms with Crippen molar-refractivity contribution in [3.05, 3.63) is 65.4 Å². The maximum Gasteiger partial charge on any atom is 0.255 e. The average Bonchev–Trinajstić information content (AvgIpc) is 3.18. The lowest BCUT2D eigenvalue weighted by atomic mass is 9.92. The van der Waals surface area contributed by atoms with Crippen LogP contribution in [0.4, 0.5) is 21.5 Å². The van der Waals surface area contributed by atoms with Crippen LogP contribution < -0.4 is 20.7 Å². The van der Waals surface area contributed by atoms with Crippen LogP contribution in [0.2, 0.25) is 0 Å². The first-order chi connectivity index (χ1) is 16.1. The number of rotatable bonds is 3. The number of amides is 1. The Kier molecular flexibility index (Phi) is 5.50.